The van der Waals surface area contributed by atoms with Crippen molar-refractivity contribution in [2.75, 3.05) is 20.7 Å². The minimum atomic E-state index is 0.0117. The fourth-order valence-electron chi connectivity index (χ4n) is 2.80. The maximum Gasteiger partial charge on any atom is 0.194 e. The summed E-state index contributed by atoms with van der Waals surface area (Å²) in [5, 5.41) is 13.2. The molecule has 29 heavy (non-hydrogen) atoms. The second kappa shape index (κ2) is 10.1. The van der Waals surface area contributed by atoms with Gasteiger partial charge in [-0.05, 0) is 25.5 Å². The van der Waals surface area contributed by atoms with Crippen LogP contribution < -0.4 is 5.32 Å². The van der Waals surface area contributed by atoms with Crippen molar-refractivity contribution in [3.63, 3.8) is 0 Å². The zero-order valence-corrected chi connectivity index (χ0v) is 18.0. The lowest BCUT2D eigenvalue weighted by Gasteiger charge is -2.21. The molecule has 0 spiro atoms. The molecule has 0 aliphatic heterocycles. The van der Waals surface area contributed by atoms with Crippen LogP contribution in [0.5, 0.6) is 0 Å². The summed E-state index contributed by atoms with van der Waals surface area (Å²) in [6.07, 6.45) is 1.52. The largest absolute Gasteiger partial charge is 0.375 e. The molecule has 3 rings (SSSR count). The predicted octanol–water partition coefficient (Wildman–Crippen LogP) is 3.23. The SMILES string of the molecule is CCNC(=NCc1cccc(-c2ncn[nH]2)c1)N(C)Cc1csc(C(C)OC)n1. The summed E-state index contributed by atoms with van der Waals surface area (Å²) in [6, 6.07) is 8.15. The second-order valence-electron chi connectivity index (χ2n) is 6.62. The van der Waals surface area contributed by atoms with Crippen LogP contribution in [0.25, 0.3) is 11.4 Å². The van der Waals surface area contributed by atoms with Crippen LogP contribution in [-0.2, 0) is 17.8 Å². The Bertz CT molecular complexity index is 923. The van der Waals surface area contributed by atoms with Gasteiger partial charge in [-0.25, -0.2) is 15.0 Å². The van der Waals surface area contributed by atoms with E-state index >= 15 is 0 Å². The fraction of sp³-hybridized carbons (Fsp3) is 0.400. The monoisotopic (exact) mass is 413 g/mol. The van der Waals surface area contributed by atoms with Gasteiger partial charge >= 0.3 is 0 Å². The first kappa shape index (κ1) is 20.9. The van der Waals surface area contributed by atoms with Gasteiger partial charge in [0.05, 0.1) is 18.8 Å². The molecule has 0 aliphatic carbocycles. The molecule has 154 valence electrons. The van der Waals surface area contributed by atoms with Crippen molar-refractivity contribution in [2.24, 2.45) is 4.99 Å². The third kappa shape index (κ3) is 5.61. The van der Waals surface area contributed by atoms with Gasteiger partial charge in [0.25, 0.3) is 0 Å². The van der Waals surface area contributed by atoms with Crippen LogP contribution in [0.1, 0.15) is 36.2 Å². The van der Waals surface area contributed by atoms with E-state index in [0.29, 0.717) is 13.1 Å². The molecule has 0 bridgehead atoms. The van der Waals surface area contributed by atoms with Gasteiger partial charge in [-0.1, -0.05) is 18.2 Å². The van der Waals surface area contributed by atoms with E-state index in [1.807, 2.05) is 26.1 Å². The van der Waals surface area contributed by atoms with E-state index in [2.05, 4.69) is 54.8 Å². The van der Waals surface area contributed by atoms with E-state index in [9.17, 15) is 0 Å². The molecule has 0 saturated heterocycles. The fourth-order valence-corrected chi connectivity index (χ4v) is 3.64. The van der Waals surface area contributed by atoms with Crippen LogP contribution in [0, 0.1) is 0 Å². The lowest BCUT2D eigenvalue weighted by molar-refractivity contribution is 0.119. The van der Waals surface area contributed by atoms with Crippen LogP contribution in [0.2, 0.25) is 0 Å². The number of aromatic amines is 1. The van der Waals surface area contributed by atoms with Gasteiger partial charge in [0.2, 0.25) is 0 Å². The molecule has 1 aromatic carbocycles. The first-order chi connectivity index (χ1) is 14.1. The summed E-state index contributed by atoms with van der Waals surface area (Å²) in [7, 11) is 3.72. The zero-order chi connectivity index (χ0) is 20.6. The molecule has 0 saturated carbocycles. The Hall–Kier alpha value is -2.78. The molecule has 8 nitrogen and oxygen atoms in total. The van der Waals surface area contributed by atoms with Gasteiger partial charge in [0.1, 0.15) is 17.4 Å². The van der Waals surface area contributed by atoms with Crippen LogP contribution in [0.15, 0.2) is 41.0 Å². The molecule has 0 fully saturated rings. The summed E-state index contributed by atoms with van der Waals surface area (Å²) in [4.78, 5) is 15.8. The molecule has 2 aromatic heterocycles. The molecule has 1 atom stereocenters. The number of aliphatic imine (C=N–C) groups is 1. The van der Waals surface area contributed by atoms with Crippen molar-refractivity contribution in [2.45, 2.75) is 33.0 Å². The van der Waals surface area contributed by atoms with Gasteiger partial charge in [0.15, 0.2) is 11.8 Å². The highest BCUT2D eigenvalue weighted by Crippen LogP contribution is 2.21. The molecule has 0 radical (unpaired) electrons. The molecule has 9 heteroatoms. The van der Waals surface area contributed by atoms with Crippen LogP contribution in [-0.4, -0.2) is 51.7 Å². The first-order valence-corrected chi connectivity index (χ1v) is 10.4. The topological polar surface area (TPSA) is 91.3 Å². The number of hydrogen-bond donors (Lipinski definition) is 2. The zero-order valence-electron chi connectivity index (χ0n) is 17.2. The average molecular weight is 414 g/mol. The number of rotatable bonds is 8. The smallest absolute Gasteiger partial charge is 0.194 e. The Labute approximate surface area is 175 Å². The summed E-state index contributed by atoms with van der Waals surface area (Å²) in [6.45, 7) is 6.11. The van der Waals surface area contributed by atoms with Gasteiger partial charge in [-0.3, -0.25) is 5.10 Å². The number of nitrogens with zero attached hydrogens (tertiary/aromatic N) is 5. The number of hydrogen-bond acceptors (Lipinski definition) is 6. The third-order valence-electron chi connectivity index (χ3n) is 4.39. The van der Waals surface area contributed by atoms with Gasteiger partial charge in [-0.15, -0.1) is 11.3 Å². The number of methoxy groups -OCH3 is 1. The lowest BCUT2D eigenvalue weighted by Crippen LogP contribution is -2.38. The maximum atomic E-state index is 5.35. The standard InChI is InChI=1S/C20H27N7OS/c1-5-21-20(27(3)11-17-12-29-19(25-17)14(2)28-4)22-10-15-7-6-8-16(9-15)18-23-13-24-26-18/h6-9,12-14H,5,10-11H2,1-4H3,(H,21,22)(H,23,24,26). The Morgan fingerprint density at radius 1 is 1.41 bits per heavy atom. The van der Waals surface area contributed by atoms with Crippen molar-refractivity contribution >= 4 is 17.3 Å². The van der Waals surface area contributed by atoms with Crippen molar-refractivity contribution in [3.8, 4) is 11.4 Å². The highest BCUT2D eigenvalue weighted by atomic mass is 32.1. The van der Waals surface area contributed by atoms with E-state index in [-0.39, 0.29) is 6.10 Å². The van der Waals surface area contributed by atoms with Crippen LogP contribution >= 0.6 is 11.3 Å². The second-order valence-corrected chi connectivity index (χ2v) is 7.51. The number of benzene rings is 1. The van der Waals surface area contributed by atoms with E-state index < -0.39 is 0 Å². The van der Waals surface area contributed by atoms with Crippen molar-refractivity contribution in [3.05, 3.63) is 52.2 Å². The Balaban J connectivity index is 1.69. The third-order valence-corrected chi connectivity index (χ3v) is 5.45. The van der Waals surface area contributed by atoms with E-state index in [0.717, 1.165) is 40.2 Å². The van der Waals surface area contributed by atoms with Gasteiger partial charge in [-0.2, -0.15) is 5.10 Å². The molecular weight excluding hydrogens is 386 g/mol. The van der Waals surface area contributed by atoms with Crippen molar-refractivity contribution in [1.82, 2.24) is 30.4 Å². The molecule has 1 unspecified atom stereocenters. The minimum absolute atomic E-state index is 0.0117. The molecule has 2 N–H and O–H groups in total. The maximum absolute atomic E-state index is 5.35. The Morgan fingerprint density at radius 2 is 2.28 bits per heavy atom. The number of H-pyrrole nitrogens is 1. The van der Waals surface area contributed by atoms with Crippen LogP contribution in [0.4, 0.5) is 0 Å². The number of aromatic nitrogens is 4. The summed E-state index contributed by atoms with van der Waals surface area (Å²) in [5.74, 6) is 1.59. The molecule has 2 heterocycles. The van der Waals surface area contributed by atoms with Gasteiger partial charge in [0, 0.05) is 31.6 Å². The number of ether oxygens (including phenoxy) is 1. The normalized spacial score (nSPS) is 12.8. The molecule has 3 aromatic rings. The van der Waals surface area contributed by atoms with Gasteiger partial charge < -0.3 is 15.0 Å². The average Bonchev–Trinajstić information content (AvgIpc) is 3.43. The Morgan fingerprint density at radius 3 is 3.00 bits per heavy atom. The predicted molar refractivity (Wildman–Crippen MR) is 116 cm³/mol. The highest BCUT2D eigenvalue weighted by Gasteiger charge is 2.13. The van der Waals surface area contributed by atoms with E-state index in [1.165, 1.54) is 6.33 Å². The minimum Gasteiger partial charge on any atom is -0.375 e. The number of guanidine groups is 1. The highest BCUT2D eigenvalue weighted by molar-refractivity contribution is 7.09. The first-order valence-electron chi connectivity index (χ1n) is 9.52. The Kier molecular flexibility index (Phi) is 7.31. The molecule has 0 amide bonds. The lowest BCUT2D eigenvalue weighted by atomic mass is 10.1. The molecule has 0 aliphatic rings. The van der Waals surface area contributed by atoms with Crippen molar-refractivity contribution in [1.29, 1.82) is 0 Å². The van der Waals surface area contributed by atoms with Crippen LogP contribution in [0.3, 0.4) is 0 Å². The van der Waals surface area contributed by atoms with Crippen molar-refractivity contribution < 1.29 is 4.74 Å². The van der Waals surface area contributed by atoms with E-state index in [4.69, 9.17) is 9.73 Å². The summed E-state index contributed by atoms with van der Waals surface area (Å²) in [5.41, 5.74) is 3.11. The van der Waals surface area contributed by atoms with E-state index in [1.54, 1.807) is 18.4 Å². The summed E-state index contributed by atoms with van der Waals surface area (Å²) < 4.78 is 5.35. The number of nitrogens with one attached hydrogen (secondary N) is 2. The summed E-state index contributed by atoms with van der Waals surface area (Å²) >= 11 is 1.62. The molecular formula is C20H27N7OS. The number of thiazole rings is 1. The quantitative estimate of drug-likeness (QED) is 0.435.